The summed E-state index contributed by atoms with van der Waals surface area (Å²) in [6, 6.07) is 3.83. The van der Waals surface area contributed by atoms with E-state index >= 15 is 0 Å². The molecule has 1 rings (SSSR count). The van der Waals surface area contributed by atoms with Gasteiger partial charge in [-0.25, -0.2) is 0 Å². The van der Waals surface area contributed by atoms with Crippen LogP contribution in [0.3, 0.4) is 0 Å². The molecule has 0 aliphatic heterocycles. The molecule has 1 heterocycles. The fraction of sp³-hybridized carbons (Fsp3) is 0.143. The molecule has 12 heavy (non-hydrogen) atoms. The van der Waals surface area contributed by atoms with E-state index in [9.17, 15) is 0 Å². The topological polar surface area (TPSA) is 40.2 Å². The first-order chi connectivity index (χ1) is 5.83. The molecule has 3 nitrogen and oxygen atoms in total. The summed E-state index contributed by atoms with van der Waals surface area (Å²) < 4.78 is 0.665. The molecular weight excluding hydrogens is 190 g/mol. The number of hydrazone groups is 1. The van der Waals surface area contributed by atoms with Crippen LogP contribution in [0, 0.1) is 0 Å². The van der Waals surface area contributed by atoms with Gasteiger partial charge in [0.2, 0.25) is 0 Å². The van der Waals surface area contributed by atoms with Crippen molar-refractivity contribution in [2.45, 2.75) is 0 Å². The summed E-state index contributed by atoms with van der Waals surface area (Å²) in [7, 11) is 0. The fourth-order valence-electron chi connectivity index (χ4n) is 0.625. The van der Waals surface area contributed by atoms with Crippen molar-refractivity contribution in [3.63, 3.8) is 0 Å². The Morgan fingerprint density at radius 3 is 3.25 bits per heavy atom. The molecule has 0 amide bonds. The second-order valence-corrected chi connectivity index (χ2v) is 3.47. The van der Waals surface area contributed by atoms with Crippen LogP contribution in [-0.4, -0.2) is 21.8 Å². The van der Waals surface area contributed by atoms with E-state index in [2.05, 4.69) is 15.5 Å². The fourth-order valence-corrected chi connectivity index (χ4v) is 0.821. The van der Waals surface area contributed by atoms with Crippen LogP contribution in [0.2, 0.25) is 0 Å². The van der Waals surface area contributed by atoms with Gasteiger partial charge in [-0.3, -0.25) is 5.43 Å². The van der Waals surface area contributed by atoms with Crippen molar-refractivity contribution in [2.24, 2.45) is 5.10 Å². The van der Waals surface area contributed by atoms with Crippen LogP contribution >= 0.6 is 24.0 Å². The zero-order valence-electron chi connectivity index (χ0n) is 6.57. The largest absolute Gasteiger partial charge is 0.360 e. The number of rotatable bonds is 2. The number of nitrogens with zero attached hydrogens (tertiary/aromatic N) is 1. The number of nitrogens with one attached hydrogen (secondary N) is 2. The Morgan fingerprint density at radius 1 is 1.83 bits per heavy atom. The molecule has 0 bridgehead atoms. The van der Waals surface area contributed by atoms with Crippen molar-refractivity contribution in [3.8, 4) is 0 Å². The molecule has 0 fully saturated rings. The van der Waals surface area contributed by atoms with Crippen molar-refractivity contribution in [1.82, 2.24) is 10.4 Å². The predicted octanol–water partition coefficient (Wildman–Crippen LogP) is 1.59. The maximum atomic E-state index is 4.88. The molecule has 5 heteroatoms. The SMILES string of the molecule is CSC(=S)N/N=C\c1ccc[nH]1. The molecule has 2 N–H and O–H groups in total. The third-order valence-electron chi connectivity index (χ3n) is 1.17. The van der Waals surface area contributed by atoms with Gasteiger partial charge in [0.15, 0.2) is 4.32 Å². The van der Waals surface area contributed by atoms with Gasteiger partial charge in [0.1, 0.15) is 0 Å². The Hall–Kier alpha value is -0.810. The number of hydrogen-bond donors (Lipinski definition) is 2. The van der Waals surface area contributed by atoms with Crippen molar-refractivity contribution in [3.05, 3.63) is 24.0 Å². The summed E-state index contributed by atoms with van der Waals surface area (Å²) in [6.45, 7) is 0. The first kappa shape index (κ1) is 9.28. The molecule has 0 saturated carbocycles. The highest BCUT2D eigenvalue weighted by Gasteiger charge is 1.87. The number of hydrogen-bond acceptors (Lipinski definition) is 3. The van der Waals surface area contributed by atoms with Gasteiger partial charge in [-0.2, -0.15) is 5.10 Å². The Kier molecular flexibility index (Phi) is 3.83. The third kappa shape index (κ3) is 3.06. The third-order valence-corrected chi connectivity index (χ3v) is 2.22. The van der Waals surface area contributed by atoms with Crippen molar-refractivity contribution in [2.75, 3.05) is 6.26 Å². The van der Waals surface area contributed by atoms with Gasteiger partial charge in [-0.05, 0) is 18.4 Å². The lowest BCUT2D eigenvalue weighted by Crippen LogP contribution is -2.10. The van der Waals surface area contributed by atoms with E-state index in [1.807, 2.05) is 24.6 Å². The summed E-state index contributed by atoms with van der Waals surface area (Å²) in [5, 5.41) is 3.92. The minimum atomic E-state index is 0.665. The molecule has 0 aromatic carbocycles. The van der Waals surface area contributed by atoms with Crippen LogP contribution in [0.1, 0.15) is 5.69 Å². The molecule has 64 valence electrons. The maximum absolute atomic E-state index is 4.88. The minimum Gasteiger partial charge on any atom is -0.360 e. The van der Waals surface area contributed by atoms with E-state index in [0.717, 1.165) is 5.69 Å². The van der Waals surface area contributed by atoms with Gasteiger partial charge in [0.05, 0.1) is 11.9 Å². The van der Waals surface area contributed by atoms with E-state index in [1.54, 1.807) is 6.21 Å². The van der Waals surface area contributed by atoms with Crippen LogP contribution < -0.4 is 5.43 Å². The summed E-state index contributed by atoms with van der Waals surface area (Å²) in [6.07, 6.45) is 5.43. The van der Waals surface area contributed by atoms with Crippen LogP contribution in [0.5, 0.6) is 0 Å². The summed E-state index contributed by atoms with van der Waals surface area (Å²) in [5.74, 6) is 0. The molecular formula is C7H9N3S2. The van der Waals surface area contributed by atoms with Crippen LogP contribution in [0.4, 0.5) is 0 Å². The lowest BCUT2D eigenvalue weighted by Gasteiger charge is -1.94. The highest BCUT2D eigenvalue weighted by atomic mass is 32.2. The van der Waals surface area contributed by atoms with Crippen molar-refractivity contribution < 1.29 is 0 Å². The zero-order chi connectivity index (χ0) is 8.81. The number of H-pyrrole nitrogens is 1. The van der Waals surface area contributed by atoms with E-state index in [-0.39, 0.29) is 0 Å². The smallest absolute Gasteiger partial charge is 0.153 e. The molecule has 1 aromatic rings. The molecule has 0 spiro atoms. The van der Waals surface area contributed by atoms with Crippen LogP contribution in [0.25, 0.3) is 0 Å². The second-order valence-electron chi connectivity index (χ2n) is 1.99. The van der Waals surface area contributed by atoms with E-state index in [1.165, 1.54) is 11.8 Å². The lowest BCUT2D eigenvalue weighted by molar-refractivity contribution is 1.07. The summed E-state index contributed by atoms with van der Waals surface area (Å²) in [5.41, 5.74) is 3.66. The minimum absolute atomic E-state index is 0.665. The number of thioether (sulfide) groups is 1. The molecule has 0 radical (unpaired) electrons. The van der Waals surface area contributed by atoms with Crippen molar-refractivity contribution >= 4 is 34.5 Å². The van der Waals surface area contributed by atoms with Gasteiger partial charge in [0.25, 0.3) is 0 Å². The molecule has 0 saturated heterocycles. The Bertz CT molecular complexity index is 266. The lowest BCUT2D eigenvalue weighted by atomic mass is 10.5. The molecule has 0 unspecified atom stereocenters. The van der Waals surface area contributed by atoms with Gasteiger partial charge in [-0.15, -0.1) is 0 Å². The standard InChI is InChI=1S/C7H9N3S2/c1-12-7(11)10-9-5-6-3-2-4-8-6/h2-5,8H,1H3,(H,10,11)/b9-5-. The van der Waals surface area contributed by atoms with Gasteiger partial charge >= 0.3 is 0 Å². The highest BCUT2D eigenvalue weighted by molar-refractivity contribution is 8.22. The number of aromatic amines is 1. The zero-order valence-corrected chi connectivity index (χ0v) is 8.21. The van der Waals surface area contributed by atoms with Crippen LogP contribution in [0.15, 0.2) is 23.4 Å². The second kappa shape index (κ2) is 4.95. The number of aromatic nitrogens is 1. The molecule has 0 aliphatic rings. The van der Waals surface area contributed by atoms with Gasteiger partial charge in [-0.1, -0.05) is 24.0 Å². The Labute approximate surface area is 80.6 Å². The predicted molar refractivity (Wildman–Crippen MR) is 57.6 cm³/mol. The molecule has 0 atom stereocenters. The highest BCUT2D eigenvalue weighted by Crippen LogP contribution is 1.93. The first-order valence-corrected chi connectivity index (χ1v) is 4.96. The first-order valence-electron chi connectivity index (χ1n) is 3.33. The summed E-state index contributed by atoms with van der Waals surface area (Å²) >= 11 is 6.34. The Balaban J connectivity index is 2.37. The van der Waals surface area contributed by atoms with E-state index in [4.69, 9.17) is 12.2 Å². The monoisotopic (exact) mass is 199 g/mol. The normalized spacial score (nSPS) is 10.4. The average Bonchev–Trinajstić information content (AvgIpc) is 2.57. The van der Waals surface area contributed by atoms with Gasteiger partial charge in [0, 0.05) is 6.20 Å². The van der Waals surface area contributed by atoms with E-state index in [0.29, 0.717) is 4.32 Å². The average molecular weight is 199 g/mol. The van der Waals surface area contributed by atoms with E-state index < -0.39 is 0 Å². The van der Waals surface area contributed by atoms with Crippen LogP contribution in [-0.2, 0) is 0 Å². The maximum Gasteiger partial charge on any atom is 0.153 e. The quantitative estimate of drug-likeness (QED) is 0.431. The van der Waals surface area contributed by atoms with Crippen molar-refractivity contribution in [1.29, 1.82) is 0 Å². The molecule has 0 aliphatic carbocycles. The molecule has 1 aromatic heterocycles. The summed E-state index contributed by atoms with van der Waals surface area (Å²) in [4.78, 5) is 2.99. The van der Waals surface area contributed by atoms with Gasteiger partial charge < -0.3 is 4.98 Å². The number of thiocarbonyl (C=S) groups is 1. The Morgan fingerprint density at radius 2 is 2.67 bits per heavy atom.